The number of halogens is 3. The lowest BCUT2D eigenvalue weighted by Gasteiger charge is -2.11. The Morgan fingerprint density at radius 3 is 2.10 bits per heavy atom. The van der Waals surface area contributed by atoms with Crippen LogP contribution >= 0.6 is 67.8 Å². The van der Waals surface area contributed by atoms with Crippen LogP contribution in [-0.4, -0.2) is 23.4 Å². The molecule has 0 aliphatic carbocycles. The fourth-order valence-electron chi connectivity index (χ4n) is 0.280. The summed E-state index contributed by atoms with van der Waals surface area (Å²) in [5.74, 6) is 0. The van der Waals surface area contributed by atoms with E-state index in [0.29, 0.717) is 6.61 Å². The predicted octanol–water partition coefficient (Wildman–Crippen LogP) is 1.32. The van der Waals surface area contributed by atoms with Crippen LogP contribution in [0.4, 0.5) is 0 Å². The van der Waals surface area contributed by atoms with E-state index in [9.17, 15) is 0 Å². The van der Waals surface area contributed by atoms with Gasteiger partial charge in [-0.25, -0.2) is 0 Å². The molecule has 0 fully saturated rings. The number of hydrogen-bond acceptors (Lipinski definition) is 3. The molecule has 60 valence electrons. The van der Waals surface area contributed by atoms with Crippen LogP contribution in [0, 0.1) is 0 Å². The molecule has 0 atom stereocenters. The molecular weight excluding hydrogens is 476 g/mol. The minimum Gasteiger partial charge on any atom is -0.402 e. The molecule has 0 aromatic carbocycles. The first kappa shape index (κ1) is 12.1. The van der Waals surface area contributed by atoms with E-state index in [1.165, 1.54) is 0 Å². The normalized spacial score (nSPS) is 11.7. The molecule has 0 aliphatic heterocycles. The lowest BCUT2D eigenvalue weighted by atomic mass is 10.2. The highest BCUT2D eigenvalue weighted by Gasteiger charge is 2.18. The van der Waals surface area contributed by atoms with Crippen LogP contribution in [0.15, 0.2) is 0 Å². The lowest BCUT2D eigenvalue weighted by molar-refractivity contribution is 0.186. The topological polar surface area (TPSA) is 49.7 Å². The van der Waals surface area contributed by atoms with Crippen molar-refractivity contribution < 1.29 is 14.7 Å². The molecule has 10 heavy (non-hydrogen) atoms. The molecule has 0 rings (SSSR count). The van der Waals surface area contributed by atoms with Gasteiger partial charge < -0.3 is 14.7 Å². The fraction of sp³-hybridized carbons (Fsp3) is 1.00. The van der Waals surface area contributed by atoms with E-state index in [0.717, 1.165) is 6.42 Å². The highest BCUT2D eigenvalue weighted by atomic mass is 127. The fourth-order valence-corrected chi connectivity index (χ4v) is 0.941. The SMILES string of the molecule is OB(O)OCCC(I)(I)I. The van der Waals surface area contributed by atoms with Crippen molar-refractivity contribution in [1.29, 1.82) is 0 Å². The molecule has 0 unspecified atom stereocenters. The van der Waals surface area contributed by atoms with Gasteiger partial charge in [-0.2, -0.15) is 0 Å². The molecule has 0 saturated carbocycles. The van der Waals surface area contributed by atoms with Crippen LogP contribution < -0.4 is 0 Å². The van der Waals surface area contributed by atoms with E-state index in [-0.39, 0.29) is -0.565 Å². The van der Waals surface area contributed by atoms with Gasteiger partial charge in [-0.15, -0.1) is 0 Å². The number of hydrogen-bond donors (Lipinski definition) is 2. The zero-order valence-electron chi connectivity index (χ0n) is 4.93. The second kappa shape index (κ2) is 5.72. The van der Waals surface area contributed by atoms with E-state index in [4.69, 9.17) is 10.0 Å². The Labute approximate surface area is 101 Å². The summed E-state index contributed by atoms with van der Waals surface area (Å²) in [5.41, 5.74) is 0. The third-order valence-corrected chi connectivity index (χ3v) is 2.27. The summed E-state index contributed by atoms with van der Waals surface area (Å²) in [6.45, 7) is 0.368. The molecule has 0 radical (unpaired) electrons. The first-order valence-corrected chi connectivity index (χ1v) is 5.70. The second-order valence-corrected chi connectivity index (χ2v) is 13.3. The smallest absolute Gasteiger partial charge is 0.402 e. The molecule has 0 spiro atoms. The van der Waals surface area contributed by atoms with Gasteiger partial charge in [-0.05, 0) is 0 Å². The quantitative estimate of drug-likeness (QED) is 0.362. The Hall–Kier alpha value is 2.13. The second-order valence-electron chi connectivity index (χ2n) is 1.56. The number of alkyl halides is 3. The summed E-state index contributed by atoms with van der Waals surface area (Å²) >= 11 is 6.76. The Morgan fingerprint density at radius 1 is 1.30 bits per heavy atom. The van der Waals surface area contributed by atoms with Crippen molar-refractivity contribution in [3.8, 4) is 0 Å². The minimum atomic E-state index is -1.63. The van der Waals surface area contributed by atoms with Crippen molar-refractivity contribution in [3.05, 3.63) is 0 Å². The summed E-state index contributed by atoms with van der Waals surface area (Å²) in [6.07, 6.45) is 0.784. The van der Waals surface area contributed by atoms with Crippen LogP contribution in [-0.2, 0) is 4.65 Å². The van der Waals surface area contributed by atoms with Crippen molar-refractivity contribution in [2.45, 2.75) is 5.86 Å². The molecule has 0 saturated heterocycles. The molecule has 0 aromatic heterocycles. The first-order chi connectivity index (χ1) is 4.42. The maximum absolute atomic E-state index is 8.28. The molecule has 0 aliphatic rings. The van der Waals surface area contributed by atoms with Gasteiger partial charge in [0.2, 0.25) is 0 Å². The summed E-state index contributed by atoms with van der Waals surface area (Å²) in [5, 5.41) is 16.6. The zero-order valence-corrected chi connectivity index (χ0v) is 11.4. The van der Waals surface area contributed by atoms with E-state index in [2.05, 4.69) is 72.4 Å². The summed E-state index contributed by atoms with van der Waals surface area (Å²) in [4.78, 5) is 0. The van der Waals surface area contributed by atoms with E-state index in [1.54, 1.807) is 0 Å². The number of rotatable bonds is 4. The van der Waals surface area contributed by atoms with Crippen molar-refractivity contribution >= 4 is 75.1 Å². The minimum absolute atomic E-state index is 0.0994. The van der Waals surface area contributed by atoms with Gasteiger partial charge in [0.05, 0.1) is 0 Å². The lowest BCUT2D eigenvalue weighted by Crippen LogP contribution is -2.19. The van der Waals surface area contributed by atoms with Gasteiger partial charge in [0.15, 0.2) is 0 Å². The molecule has 7 heteroatoms. The monoisotopic (exact) mass is 482 g/mol. The van der Waals surface area contributed by atoms with Gasteiger partial charge in [-0.3, -0.25) is 0 Å². The largest absolute Gasteiger partial charge is 0.633 e. The van der Waals surface area contributed by atoms with Crippen LogP contribution in [0.1, 0.15) is 6.42 Å². The van der Waals surface area contributed by atoms with Crippen molar-refractivity contribution in [2.24, 2.45) is 0 Å². The van der Waals surface area contributed by atoms with E-state index < -0.39 is 7.32 Å². The van der Waals surface area contributed by atoms with Crippen LogP contribution in [0.25, 0.3) is 0 Å². The van der Waals surface area contributed by atoms with Gasteiger partial charge in [-0.1, -0.05) is 67.8 Å². The van der Waals surface area contributed by atoms with Crippen molar-refractivity contribution in [3.63, 3.8) is 0 Å². The first-order valence-electron chi connectivity index (χ1n) is 2.46. The zero-order chi connectivity index (χ0) is 8.20. The van der Waals surface area contributed by atoms with Gasteiger partial charge in [0.1, 0.15) is -0.565 Å². The average molecular weight is 482 g/mol. The summed E-state index contributed by atoms with van der Waals surface area (Å²) in [7, 11) is -1.63. The Bertz CT molecular complexity index is 93.5. The molecule has 0 aromatic rings. The highest BCUT2D eigenvalue weighted by Crippen LogP contribution is 2.38. The molecule has 2 N–H and O–H groups in total. The Balaban J connectivity index is 3.21. The van der Waals surface area contributed by atoms with Crippen LogP contribution in [0.3, 0.4) is 0 Å². The third-order valence-electron chi connectivity index (χ3n) is 0.652. The third kappa shape index (κ3) is 10.1. The van der Waals surface area contributed by atoms with Crippen molar-refractivity contribution in [2.75, 3.05) is 6.61 Å². The Kier molecular flexibility index (Phi) is 6.95. The Morgan fingerprint density at radius 2 is 1.80 bits per heavy atom. The maximum Gasteiger partial charge on any atom is 0.633 e. The maximum atomic E-state index is 8.28. The van der Waals surface area contributed by atoms with Crippen molar-refractivity contribution in [1.82, 2.24) is 0 Å². The molecule has 0 heterocycles. The van der Waals surface area contributed by atoms with E-state index >= 15 is 0 Å². The van der Waals surface area contributed by atoms with Gasteiger partial charge >= 0.3 is 7.32 Å². The van der Waals surface area contributed by atoms with Gasteiger partial charge in [0, 0.05) is 13.0 Å². The summed E-state index contributed by atoms with van der Waals surface area (Å²) < 4.78 is 4.61. The average Bonchev–Trinajstić information content (AvgIpc) is 1.59. The molecule has 3 nitrogen and oxygen atoms in total. The highest BCUT2D eigenvalue weighted by molar-refractivity contribution is 14.3. The van der Waals surface area contributed by atoms with Crippen LogP contribution in [0.5, 0.6) is 0 Å². The van der Waals surface area contributed by atoms with Crippen LogP contribution in [0.2, 0.25) is 0 Å². The van der Waals surface area contributed by atoms with E-state index in [1.807, 2.05) is 0 Å². The standard InChI is InChI=1S/C3H6BI3O3/c5-3(6,7)1-2-10-4(8)9/h8-9H,1-2H2. The summed E-state index contributed by atoms with van der Waals surface area (Å²) in [6, 6.07) is 0. The molecule has 0 bridgehead atoms. The predicted molar refractivity (Wildman–Crippen MR) is 65.6 cm³/mol. The molecule has 0 amide bonds. The van der Waals surface area contributed by atoms with Gasteiger partial charge in [0.25, 0.3) is 0 Å². The molecular formula is C3H6BI3O3.